The van der Waals surface area contributed by atoms with Crippen molar-refractivity contribution in [2.45, 2.75) is 46.5 Å². The Bertz CT molecular complexity index is 337. The fourth-order valence-electron chi connectivity index (χ4n) is 2.24. The van der Waals surface area contributed by atoms with Crippen molar-refractivity contribution in [3.63, 3.8) is 0 Å². The standard InChI is InChI=1S/C14H22O/c1-9(2)12-7-8-13(15-6)14(10(3)4)11(12)5/h7-10H,1-6H3. The predicted molar refractivity (Wildman–Crippen MR) is 65.9 cm³/mol. The lowest BCUT2D eigenvalue weighted by Crippen LogP contribution is -2.02. The first kappa shape index (κ1) is 12.1. The summed E-state index contributed by atoms with van der Waals surface area (Å²) < 4.78 is 5.42. The van der Waals surface area contributed by atoms with E-state index in [0.717, 1.165) is 5.75 Å². The van der Waals surface area contributed by atoms with Gasteiger partial charge in [0.2, 0.25) is 0 Å². The molecule has 1 heteroatoms. The lowest BCUT2D eigenvalue weighted by Gasteiger charge is -2.19. The second kappa shape index (κ2) is 4.69. The molecule has 0 aliphatic heterocycles. The monoisotopic (exact) mass is 206 g/mol. The van der Waals surface area contributed by atoms with E-state index in [-0.39, 0.29) is 0 Å². The SMILES string of the molecule is COc1ccc(C(C)C)c(C)c1C(C)C. The molecule has 0 radical (unpaired) electrons. The van der Waals surface area contributed by atoms with Crippen LogP contribution in [0.25, 0.3) is 0 Å². The van der Waals surface area contributed by atoms with Gasteiger partial charge in [0, 0.05) is 0 Å². The summed E-state index contributed by atoms with van der Waals surface area (Å²) in [5, 5.41) is 0. The van der Waals surface area contributed by atoms with Crippen LogP contribution in [0.1, 0.15) is 56.2 Å². The van der Waals surface area contributed by atoms with Crippen LogP contribution < -0.4 is 4.74 Å². The average molecular weight is 206 g/mol. The lowest BCUT2D eigenvalue weighted by atomic mass is 9.89. The third-order valence-electron chi connectivity index (χ3n) is 2.94. The van der Waals surface area contributed by atoms with Gasteiger partial charge in [0.05, 0.1) is 7.11 Å². The molecule has 1 aromatic rings. The summed E-state index contributed by atoms with van der Waals surface area (Å²) in [5.74, 6) is 2.11. The molecule has 0 bridgehead atoms. The molecule has 0 spiro atoms. The third-order valence-corrected chi connectivity index (χ3v) is 2.94. The number of ether oxygens (including phenoxy) is 1. The fourth-order valence-corrected chi connectivity index (χ4v) is 2.24. The normalized spacial score (nSPS) is 11.2. The summed E-state index contributed by atoms with van der Waals surface area (Å²) >= 11 is 0. The summed E-state index contributed by atoms with van der Waals surface area (Å²) in [6, 6.07) is 4.28. The van der Waals surface area contributed by atoms with E-state index >= 15 is 0 Å². The van der Waals surface area contributed by atoms with Crippen LogP contribution in [0.4, 0.5) is 0 Å². The van der Waals surface area contributed by atoms with Gasteiger partial charge in [-0.1, -0.05) is 33.8 Å². The Labute approximate surface area is 93.5 Å². The Balaban J connectivity index is 3.36. The number of methoxy groups -OCH3 is 1. The zero-order chi connectivity index (χ0) is 11.6. The largest absolute Gasteiger partial charge is 0.496 e. The Kier molecular flexibility index (Phi) is 3.78. The van der Waals surface area contributed by atoms with Gasteiger partial charge < -0.3 is 4.74 Å². The highest BCUT2D eigenvalue weighted by atomic mass is 16.5. The maximum atomic E-state index is 5.42. The lowest BCUT2D eigenvalue weighted by molar-refractivity contribution is 0.406. The third kappa shape index (κ3) is 2.34. The molecule has 0 saturated carbocycles. The van der Waals surface area contributed by atoms with Crippen molar-refractivity contribution >= 4 is 0 Å². The number of hydrogen-bond acceptors (Lipinski definition) is 1. The van der Waals surface area contributed by atoms with Gasteiger partial charge in [-0.3, -0.25) is 0 Å². The number of benzene rings is 1. The van der Waals surface area contributed by atoms with E-state index in [4.69, 9.17) is 4.74 Å². The molecule has 0 N–H and O–H groups in total. The van der Waals surface area contributed by atoms with Gasteiger partial charge in [-0.15, -0.1) is 0 Å². The van der Waals surface area contributed by atoms with Crippen LogP contribution in [0.2, 0.25) is 0 Å². The van der Waals surface area contributed by atoms with Crippen LogP contribution in [0, 0.1) is 6.92 Å². The molecule has 0 unspecified atom stereocenters. The van der Waals surface area contributed by atoms with E-state index in [1.165, 1.54) is 16.7 Å². The molecule has 15 heavy (non-hydrogen) atoms. The molecular formula is C14H22O. The summed E-state index contributed by atoms with van der Waals surface area (Å²) in [6.07, 6.45) is 0. The second-order valence-corrected chi connectivity index (χ2v) is 4.71. The van der Waals surface area contributed by atoms with Gasteiger partial charge in [0.15, 0.2) is 0 Å². The molecule has 0 fully saturated rings. The van der Waals surface area contributed by atoms with Gasteiger partial charge in [0.1, 0.15) is 5.75 Å². The first-order chi connectivity index (χ1) is 6.99. The van der Waals surface area contributed by atoms with Crippen molar-refractivity contribution in [2.75, 3.05) is 7.11 Å². The fraction of sp³-hybridized carbons (Fsp3) is 0.571. The van der Waals surface area contributed by atoms with Crippen LogP contribution in [-0.4, -0.2) is 7.11 Å². The molecule has 0 saturated heterocycles. The van der Waals surface area contributed by atoms with E-state index in [1.807, 2.05) is 0 Å². The highest BCUT2D eigenvalue weighted by Gasteiger charge is 2.14. The van der Waals surface area contributed by atoms with Crippen molar-refractivity contribution in [3.05, 3.63) is 28.8 Å². The molecule has 0 aliphatic carbocycles. The average Bonchev–Trinajstić information content (AvgIpc) is 2.15. The van der Waals surface area contributed by atoms with Crippen LogP contribution >= 0.6 is 0 Å². The van der Waals surface area contributed by atoms with Gasteiger partial charge in [-0.2, -0.15) is 0 Å². The molecule has 0 atom stereocenters. The molecule has 0 aromatic heterocycles. The van der Waals surface area contributed by atoms with E-state index < -0.39 is 0 Å². The number of rotatable bonds is 3. The summed E-state index contributed by atoms with van der Waals surface area (Å²) in [6.45, 7) is 11.1. The van der Waals surface area contributed by atoms with Crippen molar-refractivity contribution in [3.8, 4) is 5.75 Å². The molecule has 0 amide bonds. The molecular weight excluding hydrogens is 184 g/mol. The molecule has 1 aromatic carbocycles. The zero-order valence-corrected chi connectivity index (χ0v) is 10.7. The minimum absolute atomic E-state index is 0.513. The van der Waals surface area contributed by atoms with Gasteiger partial charge in [-0.25, -0.2) is 0 Å². The van der Waals surface area contributed by atoms with Crippen molar-refractivity contribution < 1.29 is 4.74 Å². The number of hydrogen-bond donors (Lipinski definition) is 0. The van der Waals surface area contributed by atoms with E-state index in [0.29, 0.717) is 11.8 Å². The summed E-state index contributed by atoms with van der Waals surface area (Å²) in [4.78, 5) is 0. The van der Waals surface area contributed by atoms with E-state index in [9.17, 15) is 0 Å². The van der Waals surface area contributed by atoms with E-state index in [1.54, 1.807) is 7.11 Å². The van der Waals surface area contributed by atoms with Crippen LogP contribution in [0.15, 0.2) is 12.1 Å². The van der Waals surface area contributed by atoms with Crippen LogP contribution in [-0.2, 0) is 0 Å². The first-order valence-electron chi connectivity index (χ1n) is 5.66. The van der Waals surface area contributed by atoms with Crippen molar-refractivity contribution in [2.24, 2.45) is 0 Å². The molecule has 0 heterocycles. The minimum atomic E-state index is 0.513. The smallest absolute Gasteiger partial charge is 0.122 e. The topological polar surface area (TPSA) is 9.23 Å². The minimum Gasteiger partial charge on any atom is -0.496 e. The van der Waals surface area contributed by atoms with E-state index in [2.05, 4.69) is 46.8 Å². The highest BCUT2D eigenvalue weighted by molar-refractivity contribution is 5.47. The zero-order valence-electron chi connectivity index (χ0n) is 10.7. The van der Waals surface area contributed by atoms with Crippen LogP contribution in [0.3, 0.4) is 0 Å². The molecule has 1 rings (SSSR count). The summed E-state index contributed by atoms with van der Waals surface area (Å²) in [7, 11) is 1.75. The highest BCUT2D eigenvalue weighted by Crippen LogP contribution is 2.34. The summed E-state index contributed by atoms with van der Waals surface area (Å²) in [5.41, 5.74) is 4.17. The Hall–Kier alpha value is -0.980. The maximum Gasteiger partial charge on any atom is 0.122 e. The van der Waals surface area contributed by atoms with Crippen molar-refractivity contribution in [1.29, 1.82) is 0 Å². The van der Waals surface area contributed by atoms with Crippen molar-refractivity contribution in [1.82, 2.24) is 0 Å². The molecule has 0 aliphatic rings. The Morgan fingerprint density at radius 3 is 2.00 bits per heavy atom. The first-order valence-corrected chi connectivity index (χ1v) is 5.66. The molecule has 84 valence electrons. The Morgan fingerprint density at radius 2 is 1.60 bits per heavy atom. The van der Waals surface area contributed by atoms with Gasteiger partial charge in [0.25, 0.3) is 0 Å². The van der Waals surface area contributed by atoms with Gasteiger partial charge >= 0.3 is 0 Å². The maximum absolute atomic E-state index is 5.42. The molecule has 1 nitrogen and oxygen atoms in total. The Morgan fingerprint density at radius 1 is 1.00 bits per heavy atom. The predicted octanol–water partition coefficient (Wildman–Crippen LogP) is 4.25. The van der Waals surface area contributed by atoms with Crippen LogP contribution in [0.5, 0.6) is 5.75 Å². The second-order valence-electron chi connectivity index (χ2n) is 4.71. The quantitative estimate of drug-likeness (QED) is 0.718. The van der Waals surface area contributed by atoms with Gasteiger partial charge in [-0.05, 0) is 41.5 Å².